The van der Waals surface area contributed by atoms with Gasteiger partial charge in [-0.1, -0.05) is 37.1 Å². The predicted octanol–water partition coefficient (Wildman–Crippen LogP) is 3.64. The molecule has 2 aromatic carbocycles. The van der Waals surface area contributed by atoms with Crippen LogP contribution in [0.25, 0.3) is 0 Å². The number of benzene rings is 2. The van der Waals surface area contributed by atoms with Crippen LogP contribution in [0.3, 0.4) is 0 Å². The second kappa shape index (κ2) is 9.21. The summed E-state index contributed by atoms with van der Waals surface area (Å²) in [6.45, 7) is 1.96. The summed E-state index contributed by atoms with van der Waals surface area (Å²) in [5.74, 6) is 0.547. The van der Waals surface area contributed by atoms with Gasteiger partial charge in [0.25, 0.3) is 11.8 Å². The molecule has 2 aromatic rings. The Kier molecular flexibility index (Phi) is 6.47. The lowest BCUT2D eigenvalue weighted by Gasteiger charge is -2.20. The van der Waals surface area contributed by atoms with E-state index in [2.05, 4.69) is 5.32 Å². The van der Waals surface area contributed by atoms with E-state index in [1.807, 2.05) is 29.2 Å². The maximum absolute atomic E-state index is 12.8. The van der Waals surface area contributed by atoms with Gasteiger partial charge in [-0.15, -0.1) is 0 Å². The topological polar surface area (TPSA) is 58.6 Å². The van der Waals surface area contributed by atoms with Crippen LogP contribution >= 0.6 is 0 Å². The van der Waals surface area contributed by atoms with Crippen LogP contribution in [-0.4, -0.2) is 36.9 Å². The van der Waals surface area contributed by atoms with E-state index in [9.17, 15) is 9.59 Å². The average Bonchev–Trinajstić information content (AvgIpc) is 3.01. The Labute approximate surface area is 160 Å². The average molecular weight is 366 g/mol. The van der Waals surface area contributed by atoms with E-state index in [1.54, 1.807) is 31.4 Å². The zero-order chi connectivity index (χ0) is 19.1. The summed E-state index contributed by atoms with van der Waals surface area (Å²) >= 11 is 0. The van der Waals surface area contributed by atoms with Crippen molar-refractivity contribution in [1.29, 1.82) is 0 Å². The molecular weight excluding hydrogens is 340 g/mol. The fourth-order valence-electron chi connectivity index (χ4n) is 3.38. The normalized spacial score (nSPS) is 14.3. The first-order chi connectivity index (χ1) is 13.2. The van der Waals surface area contributed by atoms with Crippen molar-refractivity contribution in [2.45, 2.75) is 32.2 Å². The molecule has 0 spiro atoms. The van der Waals surface area contributed by atoms with E-state index in [0.29, 0.717) is 17.7 Å². The van der Waals surface area contributed by atoms with Crippen LogP contribution in [0.2, 0.25) is 0 Å². The Morgan fingerprint density at radius 2 is 1.67 bits per heavy atom. The maximum Gasteiger partial charge on any atom is 0.253 e. The number of carbonyl (C=O) groups excluding carboxylic acids is 2. The van der Waals surface area contributed by atoms with E-state index in [-0.39, 0.29) is 11.8 Å². The largest absolute Gasteiger partial charge is 0.496 e. The zero-order valence-corrected chi connectivity index (χ0v) is 15.7. The van der Waals surface area contributed by atoms with E-state index >= 15 is 0 Å². The van der Waals surface area contributed by atoms with E-state index < -0.39 is 0 Å². The van der Waals surface area contributed by atoms with Crippen LogP contribution in [0.1, 0.15) is 52.0 Å². The molecule has 0 saturated carbocycles. The van der Waals surface area contributed by atoms with Gasteiger partial charge in [0.2, 0.25) is 0 Å². The van der Waals surface area contributed by atoms with Crippen molar-refractivity contribution in [3.8, 4) is 5.75 Å². The molecule has 1 N–H and O–H groups in total. The number of nitrogens with zero attached hydrogens (tertiary/aromatic N) is 1. The third-order valence-electron chi connectivity index (χ3n) is 4.90. The molecule has 0 atom stereocenters. The van der Waals surface area contributed by atoms with Crippen LogP contribution in [0.4, 0.5) is 0 Å². The molecule has 5 heteroatoms. The molecule has 1 heterocycles. The molecule has 1 aliphatic heterocycles. The van der Waals surface area contributed by atoms with Crippen molar-refractivity contribution in [2.24, 2.45) is 0 Å². The van der Waals surface area contributed by atoms with Crippen LogP contribution in [-0.2, 0) is 6.54 Å². The SMILES string of the molecule is COc1ccccc1CNC(=O)c1cccc(C(=O)N2CCCCCC2)c1. The van der Waals surface area contributed by atoms with E-state index in [4.69, 9.17) is 4.74 Å². The monoisotopic (exact) mass is 366 g/mol. The highest BCUT2D eigenvalue weighted by atomic mass is 16.5. The van der Waals surface area contributed by atoms with Crippen LogP contribution in [0.5, 0.6) is 5.75 Å². The number of rotatable bonds is 5. The van der Waals surface area contributed by atoms with Gasteiger partial charge in [0, 0.05) is 36.3 Å². The number of nitrogens with one attached hydrogen (secondary N) is 1. The van der Waals surface area contributed by atoms with Gasteiger partial charge in [0.1, 0.15) is 5.75 Å². The van der Waals surface area contributed by atoms with Gasteiger partial charge in [-0.05, 0) is 37.1 Å². The Morgan fingerprint density at radius 1 is 0.963 bits per heavy atom. The first-order valence-electron chi connectivity index (χ1n) is 9.48. The second-order valence-corrected chi connectivity index (χ2v) is 6.78. The number of methoxy groups -OCH3 is 1. The lowest BCUT2D eigenvalue weighted by molar-refractivity contribution is 0.0761. The quantitative estimate of drug-likeness (QED) is 0.879. The van der Waals surface area contributed by atoms with Crippen LogP contribution in [0.15, 0.2) is 48.5 Å². The second-order valence-electron chi connectivity index (χ2n) is 6.78. The highest BCUT2D eigenvalue weighted by Gasteiger charge is 2.18. The Bertz CT molecular complexity index is 796. The third-order valence-corrected chi connectivity index (χ3v) is 4.90. The van der Waals surface area contributed by atoms with Crippen molar-refractivity contribution in [1.82, 2.24) is 10.2 Å². The number of para-hydroxylation sites is 1. The van der Waals surface area contributed by atoms with Gasteiger partial charge >= 0.3 is 0 Å². The summed E-state index contributed by atoms with van der Waals surface area (Å²) in [7, 11) is 1.61. The third kappa shape index (κ3) is 4.88. The number of amides is 2. The van der Waals surface area contributed by atoms with Crippen molar-refractivity contribution in [3.05, 3.63) is 65.2 Å². The maximum atomic E-state index is 12.8. The Hall–Kier alpha value is -2.82. The molecule has 142 valence electrons. The summed E-state index contributed by atoms with van der Waals surface area (Å²) in [5, 5.41) is 2.90. The standard InChI is InChI=1S/C22H26N2O3/c1-27-20-12-5-4-9-19(20)16-23-21(25)17-10-8-11-18(15-17)22(26)24-13-6-2-3-7-14-24/h4-5,8-12,15H,2-3,6-7,13-14,16H2,1H3,(H,23,25). The van der Waals surface area contributed by atoms with Gasteiger partial charge in [0.15, 0.2) is 0 Å². The number of ether oxygens (including phenoxy) is 1. The van der Waals surface area contributed by atoms with Gasteiger partial charge in [-0.3, -0.25) is 9.59 Å². The molecule has 0 aromatic heterocycles. The van der Waals surface area contributed by atoms with Gasteiger partial charge in [0.05, 0.1) is 7.11 Å². The molecular formula is C22H26N2O3. The van der Waals surface area contributed by atoms with Crippen molar-refractivity contribution in [3.63, 3.8) is 0 Å². The van der Waals surface area contributed by atoms with Gasteiger partial charge < -0.3 is 15.0 Å². The summed E-state index contributed by atoms with van der Waals surface area (Å²) in [5.41, 5.74) is 1.97. The van der Waals surface area contributed by atoms with Crippen molar-refractivity contribution < 1.29 is 14.3 Å². The molecule has 0 radical (unpaired) electrons. The van der Waals surface area contributed by atoms with Crippen molar-refractivity contribution in [2.75, 3.05) is 20.2 Å². The predicted molar refractivity (Wildman–Crippen MR) is 105 cm³/mol. The Balaban J connectivity index is 1.67. The minimum atomic E-state index is -0.202. The minimum Gasteiger partial charge on any atom is -0.496 e. The number of carbonyl (C=O) groups is 2. The van der Waals surface area contributed by atoms with Gasteiger partial charge in [-0.2, -0.15) is 0 Å². The summed E-state index contributed by atoms with van der Waals surface area (Å²) in [6.07, 6.45) is 4.44. The molecule has 0 unspecified atom stereocenters. The molecule has 27 heavy (non-hydrogen) atoms. The molecule has 5 nitrogen and oxygen atoms in total. The lowest BCUT2D eigenvalue weighted by Crippen LogP contribution is -2.32. The van der Waals surface area contributed by atoms with E-state index in [1.165, 1.54) is 12.8 Å². The molecule has 1 saturated heterocycles. The smallest absolute Gasteiger partial charge is 0.253 e. The van der Waals surface area contributed by atoms with E-state index in [0.717, 1.165) is 37.2 Å². The summed E-state index contributed by atoms with van der Waals surface area (Å²) in [4.78, 5) is 27.2. The fraction of sp³-hybridized carbons (Fsp3) is 0.364. The first-order valence-corrected chi connectivity index (χ1v) is 9.48. The number of hydrogen-bond donors (Lipinski definition) is 1. The minimum absolute atomic E-state index is 0.0104. The molecule has 0 bridgehead atoms. The number of hydrogen-bond acceptors (Lipinski definition) is 3. The lowest BCUT2D eigenvalue weighted by atomic mass is 10.1. The Morgan fingerprint density at radius 3 is 2.41 bits per heavy atom. The molecule has 1 fully saturated rings. The zero-order valence-electron chi connectivity index (χ0n) is 15.7. The summed E-state index contributed by atoms with van der Waals surface area (Å²) in [6, 6.07) is 14.5. The highest BCUT2D eigenvalue weighted by molar-refractivity contribution is 5.99. The molecule has 0 aliphatic carbocycles. The fourth-order valence-corrected chi connectivity index (χ4v) is 3.38. The molecule has 2 amide bonds. The summed E-state index contributed by atoms with van der Waals surface area (Å²) < 4.78 is 5.31. The van der Waals surface area contributed by atoms with Crippen LogP contribution < -0.4 is 10.1 Å². The highest BCUT2D eigenvalue weighted by Crippen LogP contribution is 2.17. The molecule has 1 aliphatic rings. The van der Waals surface area contributed by atoms with Crippen LogP contribution in [0, 0.1) is 0 Å². The first kappa shape index (κ1) is 19.0. The number of likely N-dealkylation sites (tertiary alicyclic amines) is 1. The molecule has 3 rings (SSSR count). The van der Waals surface area contributed by atoms with Gasteiger partial charge in [-0.25, -0.2) is 0 Å². The van der Waals surface area contributed by atoms with Crippen molar-refractivity contribution >= 4 is 11.8 Å².